The van der Waals surface area contributed by atoms with Crippen molar-refractivity contribution in [2.75, 3.05) is 6.61 Å². The molecular formula is C24H24ClFN4O4. The summed E-state index contributed by atoms with van der Waals surface area (Å²) in [5, 5.41) is 8.86. The first kappa shape index (κ1) is 22.6. The van der Waals surface area contributed by atoms with Crippen LogP contribution in [0.25, 0.3) is 0 Å². The Morgan fingerprint density at radius 1 is 1.09 bits per heavy atom. The van der Waals surface area contributed by atoms with Crippen LogP contribution >= 0.6 is 11.6 Å². The van der Waals surface area contributed by atoms with E-state index in [4.69, 9.17) is 16.3 Å². The first-order valence-electron chi connectivity index (χ1n) is 11.2. The second-order valence-electron chi connectivity index (χ2n) is 9.50. The molecule has 10 heteroatoms. The molecular weight excluding hydrogens is 463 g/mol. The van der Waals surface area contributed by atoms with E-state index < -0.39 is 5.82 Å². The van der Waals surface area contributed by atoms with Gasteiger partial charge in [-0.3, -0.25) is 19.4 Å². The van der Waals surface area contributed by atoms with Gasteiger partial charge in [0.1, 0.15) is 17.3 Å². The summed E-state index contributed by atoms with van der Waals surface area (Å²) >= 11 is 5.64. The van der Waals surface area contributed by atoms with Gasteiger partial charge in [-0.25, -0.2) is 4.39 Å². The number of hydrogen-bond acceptors (Lipinski definition) is 5. The number of halogens is 2. The first-order chi connectivity index (χ1) is 16.2. The van der Waals surface area contributed by atoms with Crippen molar-refractivity contribution < 1.29 is 23.5 Å². The van der Waals surface area contributed by atoms with Crippen molar-refractivity contribution >= 4 is 29.3 Å². The van der Waals surface area contributed by atoms with Gasteiger partial charge in [0, 0.05) is 35.8 Å². The number of hydrogen-bond donors (Lipinski definition) is 3. The standard InChI is InChI=1S/C24H24ClFN4O4/c25-17-4-3-16(8-18(17)26)34-10-20(31)29-23-11-24(12-23,13-23)30-22(33)19-7-14(5-6-27-19)9-28-21(32)15-1-2-15/h3-8,15H,1-2,9-13H2,(H,28,32)(H,29,31)(H,30,33). The van der Waals surface area contributed by atoms with Crippen molar-refractivity contribution in [1.82, 2.24) is 20.9 Å². The molecule has 6 rings (SSSR count). The highest BCUT2D eigenvalue weighted by molar-refractivity contribution is 6.30. The van der Waals surface area contributed by atoms with E-state index in [1.165, 1.54) is 12.1 Å². The van der Waals surface area contributed by atoms with Crippen LogP contribution in [0.1, 0.15) is 48.2 Å². The zero-order valence-electron chi connectivity index (χ0n) is 18.3. The molecule has 8 nitrogen and oxygen atoms in total. The average molecular weight is 487 g/mol. The van der Waals surface area contributed by atoms with E-state index in [0.717, 1.165) is 24.5 Å². The lowest BCUT2D eigenvalue weighted by Gasteiger charge is -2.70. The molecule has 0 aliphatic heterocycles. The fraction of sp³-hybridized carbons (Fsp3) is 0.417. The lowest BCUT2D eigenvalue weighted by molar-refractivity contribution is -0.141. The summed E-state index contributed by atoms with van der Waals surface area (Å²) in [5.74, 6) is -0.788. The van der Waals surface area contributed by atoms with Crippen molar-refractivity contribution in [1.29, 1.82) is 0 Å². The van der Waals surface area contributed by atoms with E-state index in [2.05, 4.69) is 20.9 Å². The molecule has 3 N–H and O–H groups in total. The van der Waals surface area contributed by atoms with Crippen molar-refractivity contribution in [2.24, 2.45) is 5.92 Å². The van der Waals surface area contributed by atoms with E-state index in [0.29, 0.717) is 31.5 Å². The van der Waals surface area contributed by atoms with Crippen LogP contribution in [-0.2, 0) is 16.1 Å². The van der Waals surface area contributed by atoms with Gasteiger partial charge in [-0.05, 0) is 61.9 Å². The van der Waals surface area contributed by atoms with E-state index in [9.17, 15) is 18.8 Å². The number of ether oxygens (including phenoxy) is 1. The van der Waals surface area contributed by atoms with Crippen LogP contribution in [0.3, 0.4) is 0 Å². The van der Waals surface area contributed by atoms with Gasteiger partial charge in [-0.15, -0.1) is 0 Å². The molecule has 0 unspecified atom stereocenters. The number of aromatic nitrogens is 1. The van der Waals surface area contributed by atoms with Gasteiger partial charge >= 0.3 is 0 Å². The third-order valence-corrected chi connectivity index (χ3v) is 6.85. The van der Waals surface area contributed by atoms with Crippen LogP contribution in [-0.4, -0.2) is 40.4 Å². The Hall–Kier alpha value is -3.20. The highest BCUT2D eigenvalue weighted by atomic mass is 35.5. The van der Waals surface area contributed by atoms with E-state index in [-0.39, 0.29) is 52.1 Å². The molecule has 0 radical (unpaired) electrons. The number of amides is 3. The molecule has 4 saturated carbocycles. The Kier molecular flexibility index (Phi) is 5.67. The molecule has 1 aromatic carbocycles. The third kappa shape index (κ3) is 4.70. The molecule has 2 bridgehead atoms. The molecule has 0 spiro atoms. The predicted octanol–water partition coefficient (Wildman–Crippen LogP) is 2.50. The van der Waals surface area contributed by atoms with Crippen molar-refractivity contribution in [3.05, 3.63) is 58.6 Å². The summed E-state index contributed by atoms with van der Waals surface area (Å²) in [6.45, 7) is 0.124. The highest BCUT2D eigenvalue weighted by Gasteiger charge is 2.69. The van der Waals surface area contributed by atoms with Crippen molar-refractivity contribution in [2.45, 2.75) is 49.7 Å². The summed E-state index contributed by atoms with van der Waals surface area (Å²) in [5.41, 5.74) is 0.421. The molecule has 34 heavy (non-hydrogen) atoms. The van der Waals surface area contributed by atoms with Gasteiger partial charge in [-0.1, -0.05) is 11.6 Å². The van der Waals surface area contributed by atoms with Crippen molar-refractivity contribution in [3.63, 3.8) is 0 Å². The maximum Gasteiger partial charge on any atom is 0.270 e. The second-order valence-corrected chi connectivity index (χ2v) is 9.91. The molecule has 2 aromatic rings. The minimum atomic E-state index is -0.611. The number of nitrogens with zero attached hydrogens (tertiary/aromatic N) is 1. The summed E-state index contributed by atoms with van der Waals surface area (Å²) in [6, 6.07) is 7.45. The summed E-state index contributed by atoms with van der Waals surface area (Å²) in [7, 11) is 0. The second kappa shape index (κ2) is 8.54. The Morgan fingerprint density at radius 3 is 2.53 bits per heavy atom. The minimum absolute atomic E-state index is 0.0136. The summed E-state index contributed by atoms with van der Waals surface area (Å²) < 4.78 is 18.8. The van der Waals surface area contributed by atoms with Gasteiger partial charge in [0.2, 0.25) is 5.91 Å². The molecule has 178 valence electrons. The zero-order chi connectivity index (χ0) is 23.9. The molecule has 3 amide bonds. The van der Waals surface area contributed by atoms with E-state index in [1.807, 2.05) is 0 Å². The highest BCUT2D eigenvalue weighted by Crippen LogP contribution is 2.60. The van der Waals surface area contributed by atoms with Gasteiger partial charge in [0.05, 0.1) is 5.02 Å². The fourth-order valence-electron chi connectivity index (χ4n) is 4.79. The number of rotatable bonds is 9. The lowest BCUT2D eigenvalue weighted by atomic mass is 9.44. The maximum absolute atomic E-state index is 13.5. The maximum atomic E-state index is 13.5. The molecule has 1 heterocycles. The lowest BCUT2D eigenvalue weighted by Crippen LogP contribution is -2.84. The number of carbonyl (C=O) groups excluding carboxylic acids is 3. The Bertz CT molecular complexity index is 1150. The van der Waals surface area contributed by atoms with Gasteiger partial charge < -0.3 is 20.7 Å². The van der Waals surface area contributed by atoms with Gasteiger partial charge in [-0.2, -0.15) is 0 Å². The van der Waals surface area contributed by atoms with Gasteiger partial charge in [0.15, 0.2) is 6.61 Å². The SMILES string of the molecule is O=C(COc1ccc(Cl)c(F)c1)NC12CC(NC(=O)c3cc(CNC(=O)C4CC4)ccn3)(C1)C2. The third-order valence-electron chi connectivity index (χ3n) is 6.55. The summed E-state index contributed by atoms with van der Waals surface area (Å²) in [6.07, 6.45) is 5.33. The smallest absolute Gasteiger partial charge is 0.270 e. The van der Waals surface area contributed by atoms with Gasteiger partial charge in [0.25, 0.3) is 11.8 Å². The molecule has 1 aromatic heterocycles. The number of carbonyl (C=O) groups is 3. The Labute approximate surface area is 200 Å². The number of pyridine rings is 1. The quantitative estimate of drug-likeness (QED) is 0.504. The summed E-state index contributed by atoms with van der Waals surface area (Å²) in [4.78, 5) is 41.0. The fourth-order valence-corrected chi connectivity index (χ4v) is 4.91. The van der Waals surface area contributed by atoms with E-state index in [1.54, 1.807) is 18.3 Å². The largest absolute Gasteiger partial charge is 0.484 e. The molecule has 0 saturated heterocycles. The van der Waals surface area contributed by atoms with Crippen LogP contribution in [0, 0.1) is 11.7 Å². The normalized spacial score (nSPS) is 24.3. The average Bonchev–Trinajstić information content (AvgIpc) is 3.61. The predicted molar refractivity (Wildman–Crippen MR) is 121 cm³/mol. The van der Waals surface area contributed by atoms with Crippen LogP contribution < -0.4 is 20.7 Å². The molecule has 4 aliphatic carbocycles. The number of benzene rings is 1. The van der Waals surface area contributed by atoms with Crippen molar-refractivity contribution in [3.8, 4) is 5.75 Å². The van der Waals surface area contributed by atoms with E-state index >= 15 is 0 Å². The van der Waals surface area contributed by atoms with Crippen LogP contribution in [0.4, 0.5) is 4.39 Å². The Morgan fingerprint density at radius 2 is 1.82 bits per heavy atom. The number of nitrogens with one attached hydrogen (secondary N) is 3. The first-order valence-corrected chi connectivity index (χ1v) is 11.6. The van der Waals surface area contributed by atoms with Crippen LogP contribution in [0.5, 0.6) is 5.75 Å². The minimum Gasteiger partial charge on any atom is -0.484 e. The van der Waals surface area contributed by atoms with Crippen LogP contribution in [0.15, 0.2) is 36.5 Å². The Balaban J connectivity index is 1.07. The molecule has 4 aliphatic rings. The topological polar surface area (TPSA) is 109 Å². The molecule has 0 atom stereocenters. The molecule has 4 fully saturated rings. The zero-order valence-corrected chi connectivity index (χ0v) is 19.1. The monoisotopic (exact) mass is 486 g/mol. The van der Waals surface area contributed by atoms with Crippen LogP contribution in [0.2, 0.25) is 5.02 Å².